The minimum Gasteiger partial charge on any atom is -0.494 e. The Morgan fingerprint density at radius 2 is 1.74 bits per heavy atom. The van der Waals surface area contributed by atoms with Gasteiger partial charge in [-0.1, -0.05) is 55.8 Å². The fourth-order valence-electron chi connectivity index (χ4n) is 4.10. The van der Waals surface area contributed by atoms with E-state index < -0.39 is 5.97 Å². The van der Waals surface area contributed by atoms with E-state index in [0.29, 0.717) is 19.0 Å². The molecular formula is C29H30O5. The molecule has 34 heavy (non-hydrogen) atoms. The van der Waals surface area contributed by atoms with E-state index >= 15 is 0 Å². The minimum absolute atomic E-state index is 0.00200. The largest absolute Gasteiger partial charge is 0.494 e. The standard InChI is InChI=1S/C29H30O5/c1-2-9-25-27(15-14-24-26(20-34-29(24)25)22-11-4-3-5-12-22)33-17-7-6-16-32-23-13-8-10-21(18-23)19-28(30)31/h3-5,8,10-15,18,20H,2,6-7,9,16-17,19H2,1H3,(H,30,31). The Balaban J connectivity index is 1.33. The lowest BCUT2D eigenvalue weighted by molar-refractivity contribution is -0.136. The third-order valence-corrected chi connectivity index (χ3v) is 5.71. The first-order chi connectivity index (χ1) is 16.7. The third kappa shape index (κ3) is 5.79. The molecule has 0 spiro atoms. The number of aliphatic carboxylic acids is 1. The Hall–Kier alpha value is -3.73. The molecule has 5 nitrogen and oxygen atoms in total. The quantitative estimate of drug-likeness (QED) is 0.233. The van der Waals surface area contributed by atoms with Crippen molar-refractivity contribution < 1.29 is 23.8 Å². The molecule has 0 aliphatic heterocycles. The van der Waals surface area contributed by atoms with Crippen LogP contribution in [0.2, 0.25) is 0 Å². The van der Waals surface area contributed by atoms with Gasteiger partial charge in [0.15, 0.2) is 0 Å². The fourth-order valence-corrected chi connectivity index (χ4v) is 4.10. The normalized spacial score (nSPS) is 11.0. The van der Waals surface area contributed by atoms with Crippen LogP contribution in [-0.4, -0.2) is 24.3 Å². The first-order valence-electron chi connectivity index (χ1n) is 11.8. The number of ether oxygens (including phenoxy) is 2. The molecule has 0 fully saturated rings. The Kier molecular flexibility index (Phi) is 7.87. The number of benzene rings is 3. The molecule has 0 amide bonds. The van der Waals surface area contributed by atoms with Crippen molar-refractivity contribution in [3.05, 3.63) is 84.1 Å². The number of furan rings is 1. The lowest BCUT2D eigenvalue weighted by atomic mass is 10.0. The van der Waals surface area contributed by atoms with Crippen LogP contribution < -0.4 is 9.47 Å². The van der Waals surface area contributed by atoms with E-state index in [-0.39, 0.29) is 6.42 Å². The molecule has 3 aromatic carbocycles. The van der Waals surface area contributed by atoms with Gasteiger partial charge in [-0.15, -0.1) is 0 Å². The van der Waals surface area contributed by atoms with Gasteiger partial charge in [-0.05, 0) is 54.7 Å². The Morgan fingerprint density at radius 1 is 0.941 bits per heavy atom. The van der Waals surface area contributed by atoms with Gasteiger partial charge in [0.25, 0.3) is 0 Å². The SMILES string of the molecule is CCCc1c(OCCCCOc2cccc(CC(=O)O)c2)ccc2c(-c3ccccc3)coc12. The highest BCUT2D eigenvalue weighted by Crippen LogP contribution is 2.37. The number of unbranched alkanes of at least 4 members (excludes halogenated alkanes) is 1. The second-order valence-electron chi connectivity index (χ2n) is 8.31. The van der Waals surface area contributed by atoms with Gasteiger partial charge in [0.1, 0.15) is 17.1 Å². The van der Waals surface area contributed by atoms with Crippen LogP contribution in [0.15, 0.2) is 77.4 Å². The van der Waals surface area contributed by atoms with E-state index in [1.807, 2.05) is 36.6 Å². The average Bonchev–Trinajstić information content (AvgIpc) is 3.27. The molecule has 0 aliphatic rings. The predicted molar refractivity (Wildman–Crippen MR) is 134 cm³/mol. The Morgan fingerprint density at radius 3 is 2.50 bits per heavy atom. The van der Waals surface area contributed by atoms with Crippen LogP contribution in [0.25, 0.3) is 22.1 Å². The highest BCUT2D eigenvalue weighted by molar-refractivity contribution is 5.96. The van der Waals surface area contributed by atoms with Gasteiger partial charge in [-0.2, -0.15) is 0 Å². The smallest absolute Gasteiger partial charge is 0.307 e. The molecule has 4 aromatic rings. The Bertz CT molecular complexity index is 1230. The maximum absolute atomic E-state index is 10.9. The molecule has 0 saturated carbocycles. The van der Waals surface area contributed by atoms with Crippen LogP contribution in [-0.2, 0) is 17.6 Å². The van der Waals surface area contributed by atoms with E-state index in [4.69, 9.17) is 19.0 Å². The fraction of sp³-hybridized carbons (Fsp3) is 0.276. The van der Waals surface area contributed by atoms with Crippen LogP contribution in [0.1, 0.15) is 37.3 Å². The molecule has 0 saturated heterocycles. The van der Waals surface area contributed by atoms with E-state index in [9.17, 15) is 4.79 Å². The molecule has 1 heterocycles. The van der Waals surface area contributed by atoms with Crippen LogP contribution >= 0.6 is 0 Å². The molecule has 0 bridgehead atoms. The number of rotatable bonds is 12. The van der Waals surface area contributed by atoms with Crippen LogP contribution in [0, 0.1) is 0 Å². The van der Waals surface area contributed by atoms with Gasteiger partial charge in [0, 0.05) is 16.5 Å². The van der Waals surface area contributed by atoms with Crippen molar-refractivity contribution in [3.63, 3.8) is 0 Å². The number of fused-ring (bicyclic) bond motifs is 1. The minimum atomic E-state index is -0.847. The summed E-state index contributed by atoms with van der Waals surface area (Å²) in [5, 5.41) is 10.0. The zero-order valence-corrected chi connectivity index (χ0v) is 19.5. The summed E-state index contributed by atoms with van der Waals surface area (Å²) < 4.78 is 17.9. The summed E-state index contributed by atoms with van der Waals surface area (Å²) >= 11 is 0. The zero-order chi connectivity index (χ0) is 23.8. The number of carbonyl (C=O) groups is 1. The molecule has 0 aliphatic carbocycles. The van der Waals surface area contributed by atoms with Gasteiger partial charge in [0.2, 0.25) is 0 Å². The van der Waals surface area contributed by atoms with Crippen LogP contribution in [0.4, 0.5) is 0 Å². The van der Waals surface area contributed by atoms with Crippen molar-refractivity contribution in [2.75, 3.05) is 13.2 Å². The summed E-state index contributed by atoms with van der Waals surface area (Å²) in [6.45, 7) is 3.31. The second kappa shape index (κ2) is 11.4. The van der Waals surface area contributed by atoms with Crippen molar-refractivity contribution in [2.45, 2.75) is 39.0 Å². The molecule has 0 radical (unpaired) electrons. The summed E-state index contributed by atoms with van der Waals surface area (Å²) in [5.74, 6) is 0.730. The molecule has 176 valence electrons. The lowest BCUT2D eigenvalue weighted by Gasteiger charge is -2.12. The second-order valence-corrected chi connectivity index (χ2v) is 8.31. The number of hydrogen-bond donors (Lipinski definition) is 1. The van der Waals surface area contributed by atoms with Crippen molar-refractivity contribution in [1.82, 2.24) is 0 Å². The molecular weight excluding hydrogens is 428 g/mol. The number of aryl methyl sites for hydroxylation is 1. The monoisotopic (exact) mass is 458 g/mol. The van der Waals surface area contributed by atoms with Gasteiger partial charge >= 0.3 is 5.97 Å². The topological polar surface area (TPSA) is 68.9 Å². The maximum atomic E-state index is 10.9. The van der Waals surface area contributed by atoms with E-state index in [2.05, 4.69) is 31.2 Å². The third-order valence-electron chi connectivity index (χ3n) is 5.71. The predicted octanol–water partition coefficient (Wildman–Crippen LogP) is 6.92. The molecule has 0 unspecified atom stereocenters. The first-order valence-corrected chi connectivity index (χ1v) is 11.8. The molecule has 5 heteroatoms. The van der Waals surface area contributed by atoms with Crippen molar-refractivity contribution >= 4 is 16.9 Å². The average molecular weight is 459 g/mol. The van der Waals surface area contributed by atoms with Crippen LogP contribution in [0.5, 0.6) is 11.5 Å². The molecule has 4 rings (SSSR count). The van der Waals surface area contributed by atoms with E-state index in [1.165, 1.54) is 0 Å². The van der Waals surface area contributed by atoms with E-state index in [0.717, 1.165) is 64.7 Å². The van der Waals surface area contributed by atoms with Gasteiger partial charge < -0.3 is 19.0 Å². The molecule has 1 aromatic heterocycles. The van der Waals surface area contributed by atoms with Crippen LogP contribution in [0.3, 0.4) is 0 Å². The van der Waals surface area contributed by atoms with Crippen molar-refractivity contribution in [3.8, 4) is 22.6 Å². The highest BCUT2D eigenvalue weighted by atomic mass is 16.5. The van der Waals surface area contributed by atoms with Crippen molar-refractivity contribution in [1.29, 1.82) is 0 Å². The maximum Gasteiger partial charge on any atom is 0.307 e. The van der Waals surface area contributed by atoms with Gasteiger partial charge in [0.05, 0.1) is 25.9 Å². The summed E-state index contributed by atoms with van der Waals surface area (Å²) in [7, 11) is 0. The summed E-state index contributed by atoms with van der Waals surface area (Å²) in [6.07, 6.45) is 5.43. The number of carboxylic acid groups (broad SMARTS) is 1. The van der Waals surface area contributed by atoms with Crippen molar-refractivity contribution in [2.24, 2.45) is 0 Å². The summed E-state index contributed by atoms with van der Waals surface area (Å²) in [4.78, 5) is 10.9. The molecule has 0 atom stereocenters. The first kappa shape index (κ1) is 23.4. The van der Waals surface area contributed by atoms with Gasteiger partial charge in [-0.25, -0.2) is 0 Å². The van der Waals surface area contributed by atoms with E-state index in [1.54, 1.807) is 12.1 Å². The summed E-state index contributed by atoms with van der Waals surface area (Å²) in [6, 6.07) is 21.7. The number of hydrogen-bond acceptors (Lipinski definition) is 4. The Labute approximate surface area is 199 Å². The molecule has 1 N–H and O–H groups in total. The highest BCUT2D eigenvalue weighted by Gasteiger charge is 2.15. The number of carboxylic acids is 1. The van der Waals surface area contributed by atoms with Gasteiger partial charge in [-0.3, -0.25) is 4.79 Å². The summed E-state index contributed by atoms with van der Waals surface area (Å²) in [5.41, 5.74) is 5.01. The zero-order valence-electron chi connectivity index (χ0n) is 19.5. The lowest BCUT2D eigenvalue weighted by Crippen LogP contribution is -2.05.